The molecule has 0 radical (unpaired) electrons. The van der Waals surface area contributed by atoms with E-state index in [0.29, 0.717) is 31.0 Å². The molecule has 9 heteroatoms. The number of hydrogen-bond acceptors (Lipinski definition) is 5. The van der Waals surface area contributed by atoms with Crippen molar-refractivity contribution in [2.45, 2.75) is 0 Å². The van der Waals surface area contributed by atoms with Gasteiger partial charge in [0.1, 0.15) is 11.1 Å². The number of hydrogen-bond donors (Lipinski definition) is 2. The lowest BCUT2D eigenvalue weighted by atomic mass is 10.1. The minimum Gasteiger partial charge on any atom is -0.478 e. The summed E-state index contributed by atoms with van der Waals surface area (Å²) in [6.07, 6.45) is 0. The Balaban J connectivity index is 1.69. The zero-order valence-electron chi connectivity index (χ0n) is 13.9. The molecule has 140 valence electrons. The van der Waals surface area contributed by atoms with Crippen LogP contribution in [0.4, 0.5) is 5.69 Å². The Morgan fingerprint density at radius 2 is 1.93 bits per heavy atom. The quantitative estimate of drug-likeness (QED) is 0.380. The number of aromatic nitrogens is 1. The van der Waals surface area contributed by atoms with Crippen molar-refractivity contribution in [3.05, 3.63) is 68.8 Å². The van der Waals surface area contributed by atoms with Crippen LogP contribution in [0, 0.1) is 0 Å². The molecule has 0 fully saturated rings. The summed E-state index contributed by atoms with van der Waals surface area (Å²) >= 11 is 10.4. The molecule has 4 aromatic rings. The van der Waals surface area contributed by atoms with Crippen LogP contribution >= 0.6 is 38.9 Å². The average molecular weight is 478 g/mol. The fourth-order valence-electron chi connectivity index (χ4n) is 2.66. The lowest BCUT2D eigenvalue weighted by Crippen LogP contribution is -2.14. The summed E-state index contributed by atoms with van der Waals surface area (Å²) in [5.41, 5.74) is 1.83. The molecule has 2 aromatic heterocycles. The van der Waals surface area contributed by atoms with Crippen LogP contribution < -0.4 is 5.32 Å². The zero-order valence-corrected chi connectivity index (χ0v) is 17.1. The standard InChI is InChI=1S/C19H10BrClN2O4S/c20-11-2-1-3-12-15(11)27-18(23-12)17(24)22-13-8-28-16(14(13)19(25)26)9-4-6-10(21)7-5-9/h1-8H,(H,22,24)(H,25,26). The van der Waals surface area contributed by atoms with E-state index in [0.717, 1.165) is 0 Å². The molecule has 0 atom stereocenters. The maximum atomic E-state index is 12.6. The summed E-state index contributed by atoms with van der Waals surface area (Å²) < 4.78 is 6.18. The van der Waals surface area contributed by atoms with E-state index in [4.69, 9.17) is 16.0 Å². The summed E-state index contributed by atoms with van der Waals surface area (Å²) in [6, 6.07) is 12.1. The molecular weight excluding hydrogens is 468 g/mol. The Kier molecular flexibility index (Phi) is 4.92. The fraction of sp³-hybridized carbons (Fsp3) is 0. The first-order chi connectivity index (χ1) is 13.4. The van der Waals surface area contributed by atoms with Crippen LogP contribution in [-0.2, 0) is 0 Å². The van der Waals surface area contributed by atoms with Crippen LogP contribution in [0.25, 0.3) is 21.5 Å². The van der Waals surface area contributed by atoms with Crippen LogP contribution in [0.1, 0.15) is 21.0 Å². The summed E-state index contributed by atoms with van der Waals surface area (Å²) in [5.74, 6) is -1.94. The highest BCUT2D eigenvalue weighted by Crippen LogP contribution is 2.37. The van der Waals surface area contributed by atoms with Crippen molar-refractivity contribution in [1.29, 1.82) is 0 Å². The second-order valence-corrected chi connectivity index (χ2v) is 7.90. The highest BCUT2D eigenvalue weighted by molar-refractivity contribution is 9.10. The normalized spacial score (nSPS) is 10.9. The molecule has 2 aromatic carbocycles. The van der Waals surface area contributed by atoms with Gasteiger partial charge < -0.3 is 14.8 Å². The largest absolute Gasteiger partial charge is 0.478 e. The summed E-state index contributed by atoms with van der Waals surface area (Å²) in [5, 5.41) is 14.4. The number of carboxylic acids is 1. The minimum absolute atomic E-state index is 0.00189. The monoisotopic (exact) mass is 476 g/mol. The number of benzene rings is 2. The topological polar surface area (TPSA) is 92.4 Å². The van der Waals surface area contributed by atoms with E-state index >= 15 is 0 Å². The van der Waals surface area contributed by atoms with Crippen molar-refractivity contribution in [2.24, 2.45) is 0 Å². The van der Waals surface area contributed by atoms with E-state index in [2.05, 4.69) is 26.2 Å². The third-order valence-electron chi connectivity index (χ3n) is 3.92. The Morgan fingerprint density at radius 1 is 1.18 bits per heavy atom. The third kappa shape index (κ3) is 3.42. The highest BCUT2D eigenvalue weighted by Gasteiger charge is 2.23. The number of nitrogens with zero attached hydrogens (tertiary/aromatic N) is 1. The van der Waals surface area contributed by atoms with Crippen LogP contribution in [0.5, 0.6) is 0 Å². The molecule has 0 spiro atoms. The number of halogens is 2. The van der Waals surface area contributed by atoms with Gasteiger partial charge in [-0.1, -0.05) is 29.8 Å². The van der Waals surface area contributed by atoms with Gasteiger partial charge in [-0.15, -0.1) is 11.3 Å². The van der Waals surface area contributed by atoms with Crippen LogP contribution in [-0.4, -0.2) is 22.0 Å². The molecule has 0 aliphatic heterocycles. The van der Waals surface area contributed by atoms with Crippen LogP contribution in [0.3, 0.4) is 0 Å². The number of para-hydroxylation sites is 1. The first kappa shape index (κ1) is 18.7. The number of carbonyl (C=O) groups is 2. The van der Waals surface area contributed by atoms with Crippen molar-refractivity contribution in [3.8, 4) is 10.4 Å². The van der Waals surface area contributed by atoms with Gasteiger partial charge in [-0.2, -0.15) is 0 Å². The number of nitrogens with one attached hydrogen (secondary N) is 1. The molecule has 0 bridgehead atoms. The molecule has 28 heavy (non-hydrogen) atoms. The van der Waals surface area contributed by atoms with Gasteiger partial charge in [0.05, 0.1) is 15.0 Å². The van der Waals surface area contributed by atoms with Crippen molar-refractivity contribution >= 4 is 67.5 Å². The molecule has 0 saturated carbocycles. The van der Waals surface area contributed by atoms with Gasteiger partial charge in [0.25, 0.3) is 5.89 Å². The van der Waals surface area contributed by atoms with Gasteiger partial charge in [-0.25, -0.2) is 9.78 Å². The van der Waals surface area contributed by atoms with E-state index in [9.17, 15) is 14.7 Å². The summed E-state index contributed by atoms with van der Waals surface area (Å²) in [7, 11) is 0. The lowest BCUT2D eigenvalue weighted by molar-refractivity contribution is 0.0699. The Labute approximate surface area is 175 Å². The smallest absolute Gasteiger partial charge is 0.339 e. The molecule has 2 heterocycles. The lowest BCUT2D eigenvalue weighted by Gasteiger charge is -2.04. The van der Waals surface area contributed by atoms with Gasteiger partial charge in [0, 0.05) is 10.4 Å². The Hall–Kier alpha value is -2.68. The predicted octanol–water partition coefficient (Wildman–Crippen LogP) is 5.92. The molecule has 0 unspecified atom stereocenters. The highest BCUT2D eigenvalue weighted by atomic mass is 79.9. The van der Waals surface area contributed by atoms with Crippen molar-refractivity contribution in [3.63, 3.8) is 0 Å². The number of aromatic carboxylic acids is 1. The van der Waals surface area contributed by atoms with E-state index in [1.165, 1.54) is 11.3 Å². The summed E-state index contributed by atoms with van der Waals surface area (Å²) in [4.78, 5) is 29.1. The molecule has 4 rings (SSSR count). The van der Waals surface area contributed by atoms with E-state index < -0.39 is 11.9 Å². The number of fused-ring (bicyclic) bond motifs is 1. The maximum absolute atomic E-state index is 12.6. The molecular formula is C19H10BrClN2O4S. The van der Waals surface area contributed by atoms with E-state index in [1.807, 2.05) is 0 Å². The number of carbonyl (C=O) groups excluding carboxylic acids is 1. The molecule has 2 N–H and O–H groups in total. The van der Waals surface area contributed by atoms with E-state index in [1.54, 1.807) is 47.8 Å². The number of anilines is 1. The first-order valence-corrected chi connectivity index (χ1v) is 9.96. The molecule has 0 aliphatic carbocycles. The van der Waals surface area contributed by atoms with Crippen molar-refractivity contribution in [2.75, 3.05) is 5.32 Å². The maximum Gasteiger partial charge on any atom is 0.339 e. The second-order valence-electron chi connectivity index (χ2n) is 5.73. The molecule has 0 saturated heterocycles. The SMILES string of the molecule is O=C(Nc1csc(-c2ccc(Cl)cc2)c1C(=O)O)c1nc2cccc(Br)c2o1. The number of amides is 1. The predicted molar refractivity (Wildman–Crippen MR) is 111 cm³/mol. The number of carboxylic acid groups (broad SMARTS) is 1. The number of oxazole rings is 1. The van der Waals surface area contributed by atoms with Gasteiger partial charge in [-0.3, -0.25) is 4.79 Å². The van der Waals surface area contributed by atoms with Crippen molar-refractivity contribution < 1.29 is 19.1 Å². The Bertz CT molecular complexity index is 1220. The third-order valence-corrected chi connectivity index (χ3v) is 5.83. The van der Waals surface area contributed by atoms with Gasteiger partial charge in [-0.05, 0) is 45.8 Å². The minimum atomic E-state index is -1.15. The first-order valence-electron chi connectivity index (χ1n) is 7.91. The van der Waals surface area contributed by atoms with Crippen LogP contribution in [0.15, 0.2) is 56.7 Å². The van der Waals surface area contributed by atoms with E-state index in [-0.39, 0.29) is 17.1 Å². The van der Waals surface area contributed by atoms with Gasteiger partial charge in [0.15, 0.2) is 5.58 Å². The van der Waals surface area contributed by atoms with Crippen LogP contribution in [0.2, 0.25) is 5.02 Å². The zero-order chi connectivity index (χ0) is 19.8. The van der Waals surface area contributed by atoms with Gasteiger partial charge in [0.2, 0.25) is 0 Å². The average Bonchev–Trinajstić information content (AvgIpc) is 3.27. The van der Waals surface area contributed by atoms with Gasteiger partial charge >= 0.3 is 11.9 Å². The molecule has 6 nitrogen and oxygen atoms in total. The number of thiophene rings is 1. The fourth-order valence-corrected chi connectivity index (χ4v) is 4.23. The number of rotatable bonds is 4. The second kappa shape index (κ2) is 7.38. The molecule has 1 amide bonds. The van der Waals surface area contributed by atoms with Crippen molar-refractivity contribution in [1.82, 2.24) is 4.98 Å². The molecule has 0 aliphatic rings. The Morgan fingerprint density at radius 3 is 2.61 bits per heavy atom. The summed E-state index contributed by atoms with van der Waals surface area (Å²) in [6.45, 7) is 0.